The van der Waals surface area contributed by atoms with Gasteiger partial charge in [-0.25, -0.2) is 9.97 Å². The highest BCUT2D eigenvalue weighted by Gasteiger charge is 2.17. The van der Waals surface area contributed by atoms with Crippen molar-refractivity contribution in [2.75, 3.05) is 63.7 Å². The number of piperazine rings is 1. The molecule has 27 heavy (non-hydrogen) atoms. The molecule has 1 aromatic heterocycles. The average molecular weight is 371 g/mol. The molecule has 0 bridgehead atoms. The van der Waals surface area contributed by atoms with Crippen LogP contribution in [0.25, 0.3) is 0 Å². The van der Waals surface area contributed by atoms with E-state index in [9.17, 15) is 0 Å². The summed E-state index contributed by atoms with van der Waals surface area (Å²) in [7, 11) is 3.30. The molecule has 0 atom stereocenters. The summed E-state index contributed by atoms with van der Waals surface area (Å²) in [5.41, 5.74) is 1.19. The molecule has 0 aliphatic carbocycles. The summed E-state index contributed by atoms with van der Waals surface area (Å²) in [6.45, 7) is 8.30. The monoisotopic (exact) mass is 371 g/mol. The maximum atomic E-state index is 5.37. The first kappa shape index (κ1) is 19.2. The number of hydrogen-bond donors (Lipinski definition) is 1. The van der Waals surface area contributed by atoms with E-state index in [0.29, 0.717) is 0 Å². The summed E-state index contributed by atoms with van der Waals surface area (Å²) in [5, 5.41) is 3.40. The summed E-state index contributed by atoms with van der Waals surface area (Å²) in [6, 6.07) is 8.05. The maximum Gasteiger partial charge on any atom is 0.160 e. The summed E-state index contributed by atoms with van der Waals surface area (Å²) in [4.78, 5) is 13.6. The van der Waals surface area contributed by atoms with Crippen molar-refractivity contribution in [3.63, 3.8) is 0 Å². The summed E-state index contributed by atoms with van der Waals surface area (Å²) in [6.07, 6.45) is 2.51. The zero-order valence-corrected chi connectivity index (χ0v) is 16.4. The molecule has 1 saturated heterocycles. The number of methoxy groups -OCH3 is 2. The predicted molar refractivity (Wildman–Crippen MR) is 108 cm³/mol. The molecule has 0 radical (unpaired) electrons. The van der Waals surface area contributed by atoms with Crippen LogP contribution in [0.5, 0.6) is 11.5 Å². The molecule has 0 amide bonds. The Balaban J connectivity index is 1.54. The molecule has 1 N–H and O–H groups in total. The first-order chi connectivity index (χ1) is 13.2. The molecule has 1 aromatic carbocycles. The normalized spacial score (nSPS) is 14.9. The number of ether oxygens (including phenoxy) is 2. The molecule has 7 heteroatoms. The van der Waals surface area contributed by atoms with Crippen LogP contribution < -0.4 is 19.7 Å². The third-order valence-electron chi connectivity index (χ3n) is 4.96. The Bertz CT molecular complexity index is 732. The third kappa shape index (κ3) is 5.01. The van der Waals surface area contributed by atoms with Gasteiger partial charge in [0.05, 0.1) is 14.2 Å². The highest BCUT2D eigenvalue weighted by atomic mass is 16.5. The van der Waals surface area contributed by atoms with Gasteiger partial charge in [-0.2, -0.15) is 0 Å². The number of benzene rings is 1. The van der Waals surface area contributed by atoms with Crippen molar-refractivity contribution < 1.29 is 9.47 Å². The van der Waals surface area contributed by atoms with Crippen molar-refractivity contribution in [1.82, 2.24) is 14.9 Å². The van der Waals surface area contributed by atoms with Gasteiger partial charge in [0.15, 0.2) is 11.5 Å². The minimum absolute atomic E-state index is 0.748. The second-order valence-electron chi connectivity index (χ2n) is 6.55. The van der Waals surface area contributed by atoms with Gasteiger partial charge < -0.3 is 24.6 Å². The minimum Gasteiger partial charge on any atom is -0.493 e. The van der Waals surface area contributed by atoms with Gasteiger partial charge in [0, 0.05) is 38.8 Å². The highest BCUT2D eigenvalue weighted by Crippen LogP contribution is 2.27. The number of rotatable bonds is 8. The fraction of sp³-hybridized carbons (Fsp3) is 0.500. The molecular formula is C20H29N5O2. The molecule has 0 saturated carbocycles. The minimum atomic E-state index is 0.748. The van der Waals surface area contributed by atoms with Crippen molar-refractivity contribution >= 4 is 11.6 Å². The summed E-state index contributed by atoms with van der Waals surface area (Å²) >= 11 is 0. The number of aromatic nitrogens is 2. The van der Waals surface area contributed by atoms with E-state index in [0.717, 1.165) is 68.8 Å². The Morgan fingerprint density at radius 1 is 1.00 bits per heavy atom. The Labute approximate surface area is 161 Å². The molecule has 146 valence electrons. The van der Waals surface area contributed by atoms with Crippen molar-refractivity contribution in [3.8, 4) is 11.5 Å². The van der Waals surface area contributed by atoms with Gasteiger partial charge in [-0.15, -0.1) is 0 Å². The van der Waals surface area contributed by atoms with Gasteiger partial charge >= 0.3 is 0 Å². The van der Waals surface area contributed by atoms with E-state index in [4.69, 9.17) is 9.47 Å². The lowest BCUT2D eigenvalue weighted by atomic mass is 10.1. The largest absolute Gasteiger partial charge is 0.493 e. The smallest absolute Gasteiger partial charge is 0.160 e. The highest BCUT2D eigenvalue weighted by molar-refractivity contribution is 5.49. The van der Waals surface area contributed by atoms with Gasteiger partial charge in [-0.1, -0.05) is 13.0 Å². The van der Waals surface area contributed by atoms with Crippen molar-refractivity contribution in [2.24, 2.45) is 0 Å². The van der Waals surface area contributed by atoms with Crippen molar-refractivity contribution in [2.45, 2.75) is 13.3 Å². The average Bonchev–Trinajstić information content (AvgIpc) is 2.74. The van der Waals surface area contributed by atoms with Gasteiger partial charge in [-0.05, 0) is 30.7 Å². The SMILES string of the molecule is CCN1CCN(c2cc(NCCc3ccc(OC)c(OC)c3)ncn2)CC1. The Morgan fingerprint density at radius 2 is 1.78 bits per heavy atom. The fourth-order valence-electron chi connectivity index (χ4n) is 3.28. The second-order valence-corrected chi connectivity index (χ2v) is 6.55. The van der Waals surface area contributed by atoms with Crippen LogP contribution in [0.1, 0.15) is 12.5 Å². The van der Waals surface area contributed by atoms with E-state index in [2.05, 4.69) is 38.1 Å². The lowest BCUT2D eigenvalue weighted by Gasteiger charge is -2.34. The zero-order valence-electron chi connectivity index (χ0n) is 16.4. The van der Waals surface area contributed by atoms with Gasteiger partial charge in [0.1, 0.15) is 18.0 Å². The van der Waals surface area contributed by atoms with Crippen molar-refractivity contribution in [1.29, 1.82) is 0 Å². The lowest BCUT2D eigenvalue weighted by molar-refractivity contribution is 0.270. The van der Waals surface area contributed by atoms with Crippen LogP contribution in [0, 0.1) is 0 Å². The van der Waals surface area contributed by atoms with E-state index in [1.54, 1.807) is 20.5 Å². The topological polar surface area (TPSA) is 62.8 Å². The van der Waals surface area contributed by atoms with Crippen LogP contribution in [0.4, 0.5) is 11.6 Å². The third-order valence-corrected chi connectivity index (χ3v) is 4.96. The molecule has 0 spiro atoms. The summed E-state index contributed by atoms with van der Waals surface area (Å²) in [5.74, 6) is 3.36. The van der Waals surface area contributed by atoms with Gasteiger partial charge in [-0.3, -0.25) is 0 Å². The predicted octanol–water partition coefficient (Wildman–Crippen LogP) is 2.29. The quantitative estimate of drug-likeness (QED) is 0.764. The van der Waals surface area contributed by atoms with Gasteiger partial charge in [0.2, 0.25) is 0 Å². The molecule has 7 nitrogen and oxygen atoms in total. The zero-order chi connectivity index (χ0) is 19.1. The lowest BCUT2D eigenvalue weighted by Crippen LogP contribution is -2.46. The number of nitrogens with one attached hydrogen (secondary N) is 1. The Morgan fingerprint density at radius 3 is 2.48 bits per heavy atom. The first-order valence-corrected chi connectivity index (χ1v) is 9.47. The fourth-order valence-corrected chi connectivity index (χ4v) is 3.28. The first-order valence-electron chi connectivity index (χ1n) is 9.47. The van der Waals surface area contributed by atoms with Gasteiger partial charge in [0.25, 0.3) is 0 Å². The number of hydrogen-bond acceptors (Lipinski definition) is 7. The molecule has 2 aromatic rings. The molecule has 0 unspecified atom stereocenters. The van der Waals surface area contributed by atoms with E-state index in [1.807, 2.05) is 18.2 Å². The molecular weight excluding hydrogens is 342 g/mol. The Hall–Kier alpha value is -2.54. The molecule has 2 heterocycles. The number of nitrogens with zero attached hydrogens (tertiary/aromatic N) is 4. The van der Waals surface area contributed by atoms with E-state index < -0.39 is 0 Å². The molecule has 1 aliphatic heterocycles. The van der Waals surface area contributed by atoms with E-state index in [-0.39, 0.29) is 0 Å². The number of anilines is 2. The van der Waals surface area contributed by atoms with Crippen LogP contribution in [0.15, 0.2) is 30.6 Å². The van der Waals surface area contributed by atoms with Crippen LogP contribution in [-0.4, -0.2) is 68.4 Å². The Kier molecular flexibility index (Phi) is 6.70. The molecule has 1 aliphatic rings. The van der Waals surface area contributed by atoms with Crippen molar-refractivity contribution in [3.05, 3.63) is 36.2 Å². The standard InChI is InChI=1S/C20H29N5O2/c1-4-24-9-11-25(12-10-24)20-14-19(22-15-23-20)21-8-7-16-5-6-17(26-2)18(13-16)27-3/h5-6,13-15H,4,7-12H2,1-3H3,(H,21,22,23). The van der Waals surface area contributed by atoms with Crippen LogP contribution in [0.3, 0.4) is 0 Å². The molecule has 3 rings (SSSR count). The molecule has 1 fully saturated rings. The van der Waals surface area contributed by atoms with Crippen LogP contribution in [-0.2, 0) is 6.42 Å². The van der Waals surface area contributed by atoms with Crippen LogP contribution >= 0.6 is 0 Å². The second kappa shape index (κ2) is 9.41. The summed E-state index contributed by atoms with van der Waals surface area (Å²) < 4.78 is 10.6. The number of likely N-dealkylation sites (N-methyl/N-ethyl adjacent to an activating group) is 1. The van der Waals surface area contributed by atoms with E-state index in [1.165, 1.54) is 5.56 Å². The maximum absolute atomic E-state index is 5.37. The van der Waals surface area contributed by atoms with Crippen LogP contribution in [0.2, 0.25) is 0 Å². The van der Waals surface area contributed by atoms with E-state index >= 15 is 0 Å².